The van der Waals surface area contributed by atoms with Crippen LogP contribution >= 0.6 is 23.1 Å². The summed E-state index contributed by atoms with van der Waals surface area (Å²) in [4.78, 5) is 6.64. The van der Waals surface area contributed by atoms with E-state index >= 15 is 0 Å². The number of nitrogens with two attached hydrogens (primary N) is 1. The van der Waals surface area contributed by atoms with Crippen LogP contribution in [-0.2, 0) is 6.54 Å². The fraction of sp³-hybridized carbons (Fsp3) is 0.154. The molecule has 0 atom stereocenters. The van der Waals surface area contributed by atoms with Gasteiger partial charge in [-0.3, -0.25) is 4.40 Å². The zero-order valence-corrected chi connectivity index (χ0v) is 12.0. The first-order chi connectivity index (χ1) is 9.33. The summed E-state index contributed by atoms with van der Waals surface area (Å²) in [6, 6.07) is 7.92. The van der Waals surface area contributed by atoms with E-state index in [1.165, 1.54) is 0 Å². The minimum Gasteiger partial charge on any atom is -0.496 e. The predicted octanol–water partition coefficient (Wildman–Crippen LogP) is 3.01. The molecule has 0 unspecified atom stereocenters. The highest BCUT2D eigenvalue weighted by atomic mass is 32.2. The van der Waals surface area contributed by atoms with Gasteiger partial charge in [-0.1, -0.05) is 23.9 Å². The maximum Gasteiger partial charge on any atom is 0.194 e. The van der Waals surface area contributed by atoms with Crippen molar-refractivity contribution in [2.24, 2.45) is 5.73 Å². The molecule has 3 rings (SSSR count). The van der Waals surface area contributed by atoms with Gasteiger partial charge in [0.1, 0.15) is 10.8 Å². The monoisotopic (exact) mass is 291 g/mol. The average Bonchev–Trinajstić information content (AvgIpc) is 2.99. The molecule has 2 N–H and O–H groups in total. The normalized spacial score (nSPS) is 11.1. The molecule has 4 nitrogen and oxygen atoms in total. The lowest BCUT2D eigenvalue weighted by molar-refractivity contribution is 0.405. The van der Waals surface area contributed by atoms with Gasteiger partial charge in [-0.15, -0.1) is 11.3 Å². The van der Waals surface area contributed by atoms with Crippen molar-refractivity contribution in [2.45, 2.75) is 16.5 Å². The molecular weight excluding hydrogens is 278 g/mol. The van der Waals surface area contributed by atoms with E-state index in [1.54, 1.807) is 30.2 Å². The molecule has 0 aliphatic carbocycles. The second kappa shape index (κ2) is 5.24. The third kappa shape index (κ3) is 2.22. The Balaban J connectivity index is 2.02. The lowest BCUT2D eigenvalue weighted by Crippen LogP contribution is -2.01. The molecule has 6 heteroatoms. The van der Waals surface area contributed by atoms with Gasteiger partial charge in [-0.2, -0.15) is 0 Å². The molecule has 0 aliphatic rings. The van der Waals surface area contributed by atoms with Crippen LogP contribution in [0.5, 0.6) is 5.75 Å². The second-order valence-corrected chi connectivity index (χ2v) is 5.78. The van der Waals surface area contributed by atoms with Crippen LogP contribution in [-0.4, -0.2) is 16.5 Å². The molecule has 0 amide bonds. The molecule has 0 saturated heterocycles. The Morgan fingerprint density at radius 1 is 1.42 bits per heavy atom. The van der Waals surface area contributed by atoms with E-state index in [0.29, 0.717) is 6.54 Å². The first kappa shape index (κ1) is 12.5. The Morgan fingerprint density at radius 2 is 2.26 bits per heavy atom. The number of hydrogen-bond acceptors (Lipinski definition) is 5. The minimum atomic E-state index is 0.468. The summed E-state index contributed by atoms with van der Waals surface area (Å²) in [5.74, 6) is 0.854. The summed E-state index contributed by atoms with van der Waals surface area (Å²) < 4.78 is 7.41. The van der Waals surface area contributed by atoms with E-state index in [4.69, 9.17) is 10.5 Å². The maximum absolute atomic E-state index is 5.84. The Labute approximate surface area is 119 Å². The first-order valence-corrected chi connectivity index (χ1v) is 7.48. The Hall–Kier alpha value is -1.50. The topological polar surface area (TPSA) is 52.5 Å². The van der Waals surface area contributed by atoms with Gasteiger partial charge < -0.3 is 10.5 Å². The van der Waals surface area contributed by atoms with Crippen molar-refractivity contribution >= 4 is 28.1 Å². The second-order valence-electron chi connectivity index (χ2n) is 3.88. The van der Waals surface area contributed by atoms with E-state index < -0.39 is 0 Å². The molecule has 0 spiro atoms. The molecule has 2 heterocycles. The van der Waals surface area contributed by atoms with Crippen molar-refractivity contribution in [3.8, 4) is 5.75 Å². The molecule has 0 bridgehead atoms. The molecule has 0 aliphatic heterocycles. The number of hydrogen-bond donors (Lipinski definition) is 1. The zero-order chi connectivity index (χ0) is 13.2. The number of aromatic nitrogens is 2. The van der Waals surface area contributed by atoms with Gasteiger partial charge in [0.25, 0.3) is 0 Å². The standard InChI is InChI=1S/C13H13N3OS2/c1-17-10-4-2-3-5-11(10)19-12-9(8-14)16-6-7-18-13(16)15-12/h2-7H,8,14H2,1H3. The fourth-order valence-corrected chi connectivity index (χ4v) is 3.72. The number of benzene rings is 1. The molecule has 98 valence electrons. The Kier molecular flexibility index (Phi) is 3.46. The number of imidazole rings is 1. The third-order valence-corrected chi connectivity index (χ3v) is 4.63. The molecule has 2 aromatic heterocycles. The lowest BCUT2D eigenvalue weighted by atomic mass is 10.3. The maximum atomic E-state index is 5.84. The molecule has 0 saturated carbocycles. The van der Waals surface area contributed by atoms with Crippen LogP contribution in [0.3, 0.4) is 0 Å². The van der Waals surface area contributed by atoms with Crippen molar-refractivity contribution in [3.05, 3.63) is 41.5 Å². The van der Waals surface area contributed by atoms with Gasteiger partial charge in [0.2, 0.25) is 0 Å². The lowest BCUT2D eigenvalue weighted by Gasteiger charge is -2.06. The van der Waals surface area contributed by atoms with Crippen molar-refractivity contribution in [1.82, 2.24) is 9.38 Å². The van der Waals surface area contributed by atoms with Crippen LogP contribution < -0.4 is 10.5 Å². The molecular formula is C13H13N3OS2. The summed E-state index contributed by atoms with van der Waals surface area (Å²) >= 11 is 3.20. The van der Waals surface area contributed by atoms with Crippen molar-refractivity contribution in [1.29, 1.82) is 0 Å². The van der Waals surface area contributed by atoms with E-state index in [9.17, 15) is 0 Å². The SMILES string of the molecule is COc1ccccc1Sc1nc2sccn2c1CN. The van der Waals surface area contributed by atoms with Crippen LogP contribution in [0.2, 0.25) is 0 Å². The van der Waals surface area contributed by atoms with E-state index in [2.05, 4.69) is 4.98 Å². The quantitative estimate of drug-likeness (QED) is 0.803. The number of ether oxygens (including phenoxy) is 1. The smallest absolute Gasteiger partial charge is 0.194 e. The van der Waals surface area contributed by atoms with Gasteiger partial charge in [-0.05, 0) is 12.1 Å². The number of para-hydroxylation sites is 1. The fourth-order valence-electron chi connectivity index (χ4n) is 1.89. The van der Waals surface area contributed by atoms with E-state index in [1.807, 2.05) is 40.2 Å². The summed E-state index contributed by atoms with van der Waals surface area (Å²) in [5, 5.41) is 2.96. The van der Waals surface area contributed by atoms with Crippen molar-refractivity contribution in [3.63, 3.8) is 0 Å². The summed E-state index contributed by atoms with van der Waals surface area (Å²) in [6.07, 6.45) is 2.00. The molecule has 3 aromatic rings. The number of methoxy groups -OCH3 is 1. The molecule has 0 fully saturated rings. The summed E-state index contributed by atoms with van der Waals surface area (Å²) in [5.41, 5.74) is 6.88. The van der Waals surface area contributed by atoms with Crippen LogP contribution in [0.15, 0.2) is 45.8 Å². The minimum absolute atomic E-state index is 0.468. The van der Waals surface area contributed by atoms with Gasteiger partial charge in [0, 0.05) is 18.1 Å². The van der Waals surface area contributed by atoms with Crippen molar-refractivity contribution < 1.29 is 4.74 Å². The first-order valence-electron chi connectivity index (χ1n) is 5.79. The summed E-state index contributed by atoms with van der Waals surface area (Å²) in [6.45, 7) is 0.468. The van der Waals surface area contributed by atoms with Crippen LogP contribution in [0.25, 0.3) is 4.96 Å². The summed E-state index contributed by atoms with van der Waals surface area (Å²) in [7, 11) is 1.68. The number of fused-ring (bicyclic) bond motifs is 1. The Bertz CT molecular complexity index is 705. The van der Waals surface area contributed by atoms with Gasteiger partial charge in [-0.25, -0.2) is 4.98 Å². The van der Waals surface area contributed by atoms with Gasteiger partial charge in [0.05, 0.1) is 17.7 Å². The van der Waals surface area contributed by atoms with Gasteiger partial charge >= 0.3 is 0 Å². The van der Waals surface area contributed by atoms with Crippen molar-refractivity contribution in [2.75, 3.05) is 7.11 Å². The molecule has 19 heavy (non-hydrogen) atoms. The number of thiazole rings is 1. The number of nitrogens with zero attached hydrogens (tertiary/aromatic N) is 2. The number of rotatable bonds is 4. The predicted molar refractivity (Wildman–Crippen MR) is 78.1 cm³/mol. The van der Waals surface area contributed by atoms with Gasteiger partial charge in [0.15, 0.2) is 4.96 Å². The largest absolute Gasteiger partial charge is 0.496 e. The van der Waals surface area contributed by atoms with E-state index in [0.717, 1.165) is 26.3 Å². The molecule has 1 aromatic carbocycles. The highest BCUT2D eigenvalue weighted by molar-refractivity contribution is 7.99. The average molecular weight is 291 g/mol. The van der Waals surface area contributed by atoms with Crippen LogP contribution in [0, 0.1) is 0 Å². The highest BCUT2D eigenvalue weighted by Crippen LogP contribution is 2.36. The Morgan fingerprint density at radius 3 is 3.05 bits per heavy atom. The van der Waals surface area contributed by atoms with Crippen LogP contribution in [0.4, 0.5) is 0 Å². The molecule has 0 radical (unpaired) electrons. The zero-order valence-electron chi connectivity index (χ0n) is 10.4. The van der Waals surface area contributed by atoms with E-state index in [-0.39, 0.29) is 0 Å². The van der Waals surface area contributed by atoms with Crippen LogP contribution in [0.1, 0.15) is 5.69 Å². The highest BCUT2D eigenvalue weighted by Gasteiger charge is 2.14. The third-order valence-electron chi connectivity index (χ3n) is 2.79.